The van der Waals surface area contributed by atoms with Crippen LogP contribution >= 0.6 is 11.6 Å². The summed E-state index contributed by atoms with van der Waals surface area (Å²) >= 11 is 5.45. The molecule has 0 bridgehead atoms. The minimum Gasteiger partial charge on any atom is -0.363 e. The van der Waals surface area contributed by atoms with Crippen LogP contribution in [-0.4, -0.2) is 24.7 Å². The highest BCUT2D eigenvalue weighted by molar-refractivity contribution is 6.28. The smallest absolute Gasteiger partial charge is 0.363 e. The summed E-state index contributed by atoms with van der Waals surface area (Å²) in [6, 6.07) is 0.780. The Labute approximate surface area is 110 Å². The van der Waals surface area contributed by atoms with Gasteiger partial charge in [0.25, 0.3) is 0 Å². The fraction of sp³-hybridized carbons (Fsp3) is 0.333. The van der Waals surface area contributed by atoms with Gasteiger partial charge in [-0.1, -0.05) is 0 Å². The van der Waals surface area contributed by atoms with Gasteiger partial charge in [-0.15, -0.1) is 10.2 Å². The van der Waals surface area contributed by atoms with Gasteiger partial charge in [0.15, 0.2) is 11.5 Å². The molecule has 6 nitrogen and oxygen atoms in total. The third-order valence-electron chi connectivity index (χ3n) is 2.22. The molecule has 0 aliphatic rings. The molecule has 0 radical (unpaired) electrons. The van der Waals surface area contributed by atoms with Crippen molar-refractivity contribution in [2.24, 2.45) is 7.05 Å². The molecule has 0 aromatic carbocycles. The summed E-state index contributed by atoms with van der Waals surface area (Å²) in [5.74, 6) is 0.513. The third-order valence-corrected chi connectivity index (χ3v) is 2.39. The van der Waals surface area contributed by atoms with Crippen molar-refractivity contribution in [3.8, 4) is 0 Å². The molecule has 10 heteroatoms. The van der Waals surface area contributed by atoms with E-state index in [-0.39, 0.29) is 12.4 Å². The Kier molecular flexibility index (Phi) is 3.56. The highest BCUT2D eigenvalue weighted by Gasteiger charge is 2.33. The van der Waals surface area contributed by atoms with Crippen LogP contribution in [0.15, 0.2) is 12.4 Å². The Morgan fingerprint density at radius 2 is 2.11 bits per heavy atom. The van der Waals surface area contributed by atoms with Crippen LogP contribution in [0.3, 0.4) is 0 Å². The first-order valence-corrected chi connectivity index (χ1v) is 5.42. The SMILES string of the molecule is Cn1cnnc1CNc1cc(C(F)(F)F)nc(Cl)n1. The Bertz CT molecular complexity index is 582. The summed E-state index contributed by atoms with van der Waals surface area (Å²) in [6.45, 7) is 0.168. The van der Waals surface area contributed by atoms with Crippen LogP contribution in [0, 0.1) is 0 Å². The minimum atomic E-state index is -4.58. The number of rotatable bonds is 3. The molecule has 0 amide bonds. The molecule has 19 heavy (non-hydrogen) atoms. The molecular formula is C9H8ClF3N6. The number of alkyl halides is 3. The van der Waals surface area contributed by atoms with Crippen molar-refractivity contribution in [2.75, 3.05) is 5.32 Å². The van der Waals surface area contributed by atoms with Crippen LogP contribution in [-0.2, 0) is 19.8 Å². The van der Waals surface area contributed by atoms with Gasteiger partial charge in [0.2, 0.25) is 5.28 Å². The van der Waals surface area contributed by atoms with Crippen molar-refractivity contribution in [2.45, 2.75) is 12.7 Å². The number of nitrogens with zero attached hydrogens (tertiary/aromatic N) is 5. The van der Waals surface area contributed by atoms with E-state index in [0.29, 0.717) is 5.82 Å². The van der Waals surface area contributed by atoms with E-state index in [4.69, 9.17) is 11.6 Å². The average molecular weight is 293 g/mol. The highest BCUT2D eigenvalue weighted by atomic mass is 35.5. The topological polar surface area (TPSA) is 68.5 Å². The zero-order chi connectivity index (χ0) is 14.0. The Morgan fingerprint density at radius 1 is 1.37 bits per heavy atom. The van der Waals surface area contributed by atoms with E-state index >= 15 is 0 Å². The van der Waals surface area contributed by atoms with Gasteiger partial charge in [-0.3, -0.25) is 0 Å². The molecule has 2 aromatic rings. The lowest BCUT2D eigenvalue weighted by Gasteiger charge is -2.09. The van der Waals surface area contributed by atoms with Gasteiger partial charge in [0.05, 0.1) is 6.54 Å². The molecule has 102 valence electrons. The lowest BCUT2D eigenvalue weighted by atomic mass is 10.4. The van der Waals surface area contributed by atoms with Crippen molar-refractivity contribution < 1.29 is 13.2 Å². The number of anilines is 1. The second kappa shape index (κ2) is 5.00. The summed E-state index contributed by atoms with van der Waals surface area (Å²) in [4.78, 5) is 6.79. The largest absolute Gasteiger partial charge is 0.433 e. The predicted octanol–water partition coefficient (Wildman–Crippen LogP) is 1.89. The highest BCUT2D eigenvalue weighted by Crippen LogP contribution is 2.29. The molecule has 0 saturated heterocycles. The summed E-state index contributed by atoms with van der Waals surface area (Å²) in [6.07, 6.45) is -3.10. The first kappa shape index (κ1) is 13.5. The van der Waals surface area contributed by atoms with Gasteiger partial charge in [0.1, 0.15) is 12.1 Å². The second-order valence-corrected chi connectivity index (χ2v) is 3.95. The van der Waals surface area contributed by atoms with Crippen LogP contribution in [0.5, 0.6) is 0 Å². The number of hydrogen-bond acceptors (Lipinski definition) is 5. The molecule has 0 aliphatic carbocycles. The number of aromatic nitrogens is 5. The maximum Gasteiger partial charge on any atom is 0.433 e. The second-order valence-electron chi connectivity index (χ2n) is 3.62. The first-order valence-electron chi connectivity index (χ1n) is 5.05. The lowest BCUT2D eigenvalue weighted by molar-refractivity contribution is -0.141. The minimum absolute atomic E-state index is 0.0321. The maximum atomic E-state index is 12.5. The monoisotopic (exact) mass is 292 g/mol. The van der Waals surface area contributed by atoms with Crippen LogP contribution in [0.1, 0.15) is 11.5 Å². The number of hydrogen-bond donors (Lipinski definition) is 1. The van der Waals surface area contributed by atoms with E-state index in [0.717, 1.165) is 6.07 Å². The summed E-state index contributed by atoms with van der Waals surface area (Å²) in [5, 5.41) is 9.62. The van der Waals surface area contributed by atoms with E-state index in [1.54, 1.807) is 11.6 Å². The van der Waals surface area contributed by atoms with Crippen LogP contribution in [0.25, 0.3) is 0 Å². The van der Waals surface area contributed by atoms with Gasteiger partial charge in [-0.25, -0.2) is 9.97 Å². The number of halogens is 4. The molecule has 0 spiro atoms. The van der Waals surface area contributed by atoms with Crippen LogP contribution < -0.4 is 5.32 Å². The molecule has 2 rings (SSSR count). The van der Waals surface area contributed by atoms with Gasteiger partial charge >= 0.3 is 6.18 Å². The quantitative estimate of drug-likeness (QED) is 0.875. The molecule has 0 fully saturated rings. The van der Waals surface area contributed by atoms with Gasteiger partial charge in [-0.2, -0.15) is 13.2 Å². The molecule has 2 aromatic heterocycles. The average Bonchev–Trinajstić information content (AvgIpc) is 2.70. The lowest BCUT2D eigenvalue weighted by Crippen LogP contribution is -2.12. The summed E-state index contributed by atoms with van der Waals surface area (Å²) in [5.41, 5.74) is -1.10. The molecule has 1 N–H and O–H groups in total. The normalized spacial score (nSPS) is 11.6. The predicted molar refractivity (Wildman–Crippen MR) is 60.4 cm³/mol. The zero-order valence-electron chi connectivity index (χ0n) is 9.61. The summed E-state index contributed by atoms with van der Waals surface area (Å²) in [7, 11) is 1.71. The maximum absolute atomic E-state index is 12.5. The van der Waals surface area contributed by atoms with E-state index in [9.17, 15) is 13.2 Å². The number of aryl methyl sites for hydroxylation is 1. The fourth-order valence-corrected chi connectivity index (χ4v) is 1.47. The van der Waals surface area contributed by atoms with E-state index in [1.807, 2.05) is 0 Å². The van der Waals surface area contributed by atoms with Gasteiger partial charge in [-0.05, 0) is 11.6 Å². The molecule has 0 aliphatic heterocycles. The molecule has 0 unspecified atom stereocenters. The van der Waals surface area contributed by atoms with Crippen molar-refractivity contribution in [3.63, 3.8) is 0 Å². The third kappa shape index (κ3) is 3.31. The Morgan fingerprint density at radius 3 is 2.68 bits per heavy atom. The standard InChI is InChI=1S/C9H8ClF3N6/c1-19-4-15-18-7(19)3-14-6-2-5(9(11,12)13)16-8(10)17-6/h2,4H,3H2,1H3,(H,14,16,17). The van der Waals surface area contributed by atoms with E-state index in [1.165, 1.54) is 6.33 Å². The van der Waals surface area contributed by atoms with Crippen molar-refractivity contribution in [1.82, 2.24) is 24.7 Å². The molecule has 0 atom stereocenters. The van der Waals surface area contributed by atoms with E-state index < -0.39 is 17.2 Å². The Hall–Kier alpha value is -1.90. The Balaban J connectivity index is 2.17. The number of nitrogens with one attached hydrogen (secondary N) is 1. The molecule has 2 heterocycles. The molecule has 0 saturated carbocycles. The van der Waals surface area contributed by atoms with Crippen LogP contribution in [0.4, 0.5) is 19.0 Å². The van der Waals surface area contributed by atoms with Gasteiger partial charge in [0, 0.05) is 13.1 Å². The van der Waals surface area contributed by atoms with Crippen LogP contribution in [0.2, 0.25) is 5.28 Å². The first-order chi connectivity index (χ1) is 8.86. The van der Waals surface area contributed by atoms with Gasteiger partial charge < -0.3 is 9.88 Å². The fourth-order valence-electron chi connectivity index (χ4n) is 1.29. The van der Waals surface area contributed by atoms with Crippen molar-refractivity contribution in [1.29, 1.82) is 0 Å². The zero-order valence-corrected chi connectivity index (χ0v) is 10.4. The van der Waals surface area contributed by atoms with Crippen molar-refractivity contribution >= 4 is 17.4 Å². The van der Waals surface area contributed by atoms with Crippen molar-refractivity contribution in [3.05, 3.63) is 29.2 Å². The van der Waals surface area contributed by atoms with E-state index in [2.05, 4.69) is 25.5 Å². The molecular weight excluding hydrogens is 285 g/mol. The summed E-state index contributed by atoms with van der Waals surface area (Å²) < 4.78 is 39.2.